The second-order valence-electron chi connectivity index (χ2n) is 5.99. The lowest BCUT2D eigenvalue weighted by Crippen LogP contribution is -2.21. The summed E-state index contributed by atoms with van der Waals surface area (Å²) < 4.78 is 23.6. The summed E-state index contributed by atoms with van der Waals surface area (Å²) in [6, 6.07) is 5.70. The fourth-order valence-corrected chi connectivity index (χ4v) is 3.22. The maximum atomic E-state index is 11.8. The van der Waals surface area contributed by atoms with E-state index >= 15 is 0 Å². The number of rotatable bonds is 13. The van der Waals surface area contributed by atoms with Crippen LogP contribution in [0.25, 0.3) is 0 Å². The van der Waals surface area contributed by atoms with E-state index in [1.54, 1.807) is 0 Å². The predicted molar refractivity (Wildman–Crippen MR) is 100 cm³/mol. The average Bonchev–Trinajstić information content (AvgIpc) is 2.57. The van der Waals surface area contributed by atoms with E-state index in [1.807, 2.05) is 0 Å². The van der Waals surface area contributed by atoms with Gasteiger partial charge in [-0.3, -0.25) is 10.1 Å². The van der Waals surface area contributed by atoms with Crippen LogP contribution in [0.1, 0.15) is 63.9 Å². The van der Waals surface area contributed by atoms with Crippen LogP contribution in [0.4, 0.5) is 5.69 Å². The highest BCUT2D eigenvalue weighted by atomic mass is 32.2. The highest BCUT2D eigenvalue weighted by Gasteiger charge is 2.08. The molecule has 0 aromatic heterocycles. The van der Waals surface area contributed by atoms with Crippen molar-refractivity contribution in [3.8, 4) is 0 Å². The first kappa shape index (κ1) is 21.1. The lowest BCUT2D eigenvalue weighted by Gasteiger charge is -2.04. The second-order valence-corrected chi connectivity index (χ2v) is 7.81. The van der Waals surface area contributed by atoms with Gasteiger partial charge in [0.1, 0.15) is 0 Å². The Bertz CT molecular complexity index is 642. The summed E-state index contributed by atoms with van der Waals surface area (Å²) in [6.07, 6.45) is 10.0. The quantitative estimate of drug-likeness (QED) is 0.246. The second kappa shape index (κ2) is 11.6. The Morgan fingerprint density at radius 3 is 2.16 bits per heavy atom. The van der Waals surface area contributed by atoms with Crippen LogP contribution in [0.15, 0.2) is 29.4 Å². The van der Waals surface area contributed by atoms with Crippen molar-refractivity contribution in [2.24, 2.45) is 5.10 Å². The molecule has 0 bridgehead atoms. The molecule has 0 unspecified atom stereocenters. The number of unbranched alkanes of at least 4 members (excludes halogenated alkanes) is 7. The zero-order valence-corrected chi connectivity index (χ0v) is 15.5. The number of nitrogens with zero attached hydrogens (tertiary/aromatic N) is 2. The van der Waals surface area contributed by atoms with Gasteiger partial charge in [-0.2, -0.15) is 5.10 Å². The van der Waals surface area contributed by atoms with Crippen molar-refractivity contribution >= 4 is 21.9 Å². The molecule has 0 amide bonds. The minimum absolute atomic E-state index is 0.0209. The number of benzene rings is 1. The van der Waals surface area contributed by atoms with Crippen LogP contribution < -0.4 is 4.83 Å². The van der Waals surface area contributed by atoms with Crippen LogP contribution in [0.3, 0.4) is 0 Å². The van der Waals surface area contributed by atoms with Gasteiger partial charge in [-0.15, -0.1) is 0 Å². The fourth-order valence-electron chi connectivity index (χ4n) is 2.33. The van der Waals surface area contributed by atoms with E-state index in [-0.39, 0.29) is 11.4 Å². The molecule has 0 aliphatic carbocycles. The van der Waals surface area contributed by atoms with Crippen LogP contribution in [0.5, 0.6) is 0 Å². The van der Waals surface area contributed by atoms with E-state index in [0.29, 0.717) is 12.0 Å². The molecular formula is C17H27N3O4S. The summed E-state index contributed by atoms with van der Waals surface area (Å²) in [4.78, 5) is 12.2. The van der Waals surface area contributed by atoms with Crippen LogP contribution in [0, 0.1) is 10.1 Å². The Kier molecular flexibility index (Phi) is 9.76. The number of non-ortho nitro benzene ring substituents is 1. The minimum Gasteiger partial charge on any atom is -0.258 e. The Morgan fingerprint density at radius 1 is 1.04 bits per heavy atom. The van der Waals surface area contributed by atoms with E-state index in [9.17, 15) is 18.5 Å². The van der Waals surface area contributed by atoms with Gasteiger partial charge in [0.2, 0.25) is 10.0 Å². The van der Waals surface area contributed by atoms with Gasteiger partial charge < -0.3 is 0 Å². The third kappa shape index (κ3) is 9.81. The molecule has 7 nitrogen and oxygen atoms in total. The Hall–Kier alpha value is -1.96. The topological polar surface area (TPSA) is 102 Å². The van der Waals surface area contributed by atoms with Crippen LogP contribution in [0.2, 0.25) is 0 Å². The summed E-state index contributed by atoms with van der Waals surface area (Å²) in [6.45, 7) is 2.18. The lowest BCUT2D eigenvalue weighted by atomic mass is 10.1. The summed E-state index contributed by atoms with van der Waals surface area (Å²) in [7, 11) is -3.43. The SMILES string of the molecule is CCCCCCCCCCS(=O)(=O)N/N=C\c1ccc([N+](=O)[O-])cc1. The Balaban J connectivity index is 2.25. The smallest absolute Gasteiger partial charge is 0.258 e. The number of hydrazone groups is 1. The third-order valence-electron chi connectivity index (χ3n) is 3.78. The first-order chi connectivity index (χ1) is 11.9. The molecule has 1 N–H and O–H groups in total. The molecule has 1 rings (SSSR count). The molecule has 8 heteroatoms. The van der Waals surface area contributed by atoms with Crippen LogP contribution in [-0.4, -0.2) is 25.3 Å². The summed E-state index contributed by atoms with van der Waals surface area (Å²) in [5.74, 6) is 0.0551. The molecular weight excluding hydrogens is 342 g/mol. The third-order valence-corrected chi connectivity index (χ3v) is 4.99. The normalized spacial score (nSPS) is 11.7. The van der Waals surface area contributed by atoms with Crippen LogP contribution >= 0.6 is 0 Å². The lowest BCUT2D eigenvalue weighted by molar-refractivity contribution is -0.384. The van der Waals surface area contributed by atoms with E-state index in [1.165, 1.54) is 56.2 Å². The summed E-state index contributed by atoms with van der Waals surface area (Å²) in [5, 5.41) is 14.3. The maximum absolute atomic E-state index is 11.8. The number of nitro benzene ring substituents is 1. The molecule has 0 fully saturated rings. The van der Waals surface area contributed by atoms with Gasteiger partial charge in [0.15, 0.2) is 0 Å². The van der Waals surface area contributed by atoms with Crippen molar-refractivity contribution in [2.45, 2.75) is 58.3 Å². The first-order valence-corrected chi connectivity index (χ1v) is 10.4. The maximum Gasteiger partial charge on any atom is 0.269 e. The van der Waals surface area contributed by atoms with Crippen LogP contribution in [-0.2, 0) is 10.0 Å². The first-order valence-electron chi connectivity index (χ1n) is 8.71. The van der Waals surface area contributed by atoms with Gasteiger partial charge in [-0.05, 0) is 24.1 Å². The fraction of sp³-hybridized carbons (Fsp3) is 0.588. The minimum atomic E-state index is -3.43. The molecule has 0 radical (unpaired) electrons. The van der Waals surface area contributed by atoms with Gasteiger partial charge in [0.25, 0.3) is 5.69 Å². The number of hydrogen-bond acceptors (Lipinski definition) is 5. The van der Waals surface area contributed by atoms with Gasteiger partial charge in [-0.25, -0.2) is 13.2 Å². The molecule has 0 aliphatic rings. The molecule has 1 aromatic carbocycles. The summed E-state index contributed by atoms with van der Waals surface area (Å²) in [5.41, 5.74) is 0.563. The molecule has 140 valence electrons. The molecule has 0 saturated carbocycles. The van der Waals surface area contributed by atoms with Crippen molar-refractivity contribution in [2.75, 3.05) is 5.75 Å². The molecule has 25 heavy (non-hydrogen) atoms. The van der Waals surface area contributed by atoms with Crippen molar-refractivity contribution in [3.05, 3.63) is 39.9 Å². The molecule has 0 saturated heterocycles. The number of sulfonamides is 1. The van der Waals surface area contributed by atoms with Crippen molar-refractivity contribution in [1.29, 1.82) is 0 Å². The monoisotopic (exact) mass is 369 g/mol. The highest BCUT2D eigenvalue weighted by Crippen LogP contribution is 2.11. The summed E-state index contributed by atoms with van der Waals surface area (Å²) >= 11 is 0. The zero-order valence-electron chi connectivity index (χ0n) is 14.7. The number of hydrogen-bond donors (Lipinski definition) is 1. The predicted octanol–water partition coefficient (Wildman–Crippen LogP) is 3.99. The van der Waals surface area contributed by atoms with Crippen molar-refractivity contribution < 1.29 is 13.3 Å². The molecule has 0 aliphatic heterocycles. The van der Waals surface area contributed by atoms with Gasteiger partial charge in [0.05, 0.1) is 16.9 Å². The van der Waals surface area contributed by atoms with E-state index < -0.39 is 14.9 Å². The van der Waals surface area contributed by atoms with Gasteiger partial charge in [0, 0.05) is 12.1 Å². The van der Waals surface area contributed by atoms with Crippen molar-refractivity contribution in [3.63, 3.8) is 0 Å². The zero-order chi connectivity index (χ0) is 18.5. The van der Waals surface area contributed by atoms with E-state index in [4.69, 9.17) is 0 Å². The molecule has 1 aromatic rings. The highest BCUT2D eigenvalue weighted by molar-refractivity contribution is 7.89. The number of nitrogens with one attached hydrogen (secondary N) is 1. The average molecular weight is 369 g/mol. The molecule has 0 spiro atoms. The van der Waals surface area contributed by atoms with Gasteiger partial charge >= 0.3 is 0 Å². The van der Waals surface area contributed by atoms with E-state index in [0.717, 1.165) is 19.3 Å². The standard InChI is InChI=1S/C17H27N3O4S/c1-2-3-4-5-6-7-8-9-14-25(23,24)19-18-15-16-10-12-17(13-11-16)20(21)22/h10-13,15,19H,2-9,14H2,1H3/b18-15-. The van der Waals surface area contributed by atoms with Gasteiger partial charge in [-0.1, -0.05) is 51.9 Å². The Morgan fingerprint density at radius 2 is 1.60 bits per heavy atom. The Labute approximate surface area is 149 Å². The molecule has 0 heterocycles. The molecule has 0 atom stereocenters. The van der Waals surface area contributed by atoms with Crippen molar-refractivity contribution in [1.82, 2.24) is 4.83 Å². The largest absolute Gasteiger partial charge is 0.269 e. The van der Waals surface area contributed by atoms with E-state index in [2.05, 4.69) is 16.9 Å². The number of nitro groups is 1.